The van der Waals surface area contributed by atoms with Crippen LogP contribution >= 0.6 is 0 Å². The number of aryl methyl sites for hydroxylation is 1. The first kappa shape index (κ1) is 7.40. The van der Waals surface area contributed by atoms with Crippen molar-refractivity contribution in [2.75, 3.05) is 30.4 Å². The number of pyridine rings is 1. The van der Waals surface area contributed by atoms with Gasteiger partial charge in [0.05, 0.1) is 5.69 Å². The molecule has 2 heterocycles. The fraction of sp³-hybridized carbons (Fsp3) is 0.444. The molecule has 0 saturated heterocycles. The molecule has 0 bridgehead atoms. The molecule has 3 heteroatoms. The fourth-order valence-electron chi connectivity index (χ4n) is 1.44. The summed E-state index contributed by atoms with van der Waals surface area (Å²) in [5.74, 6) is 1.01. The highest BCUT2D eigenvalue weighted by Gasteiger charge is 2.13. The van der Waals surface area contributed by atoms with E-state index in [9.17, 15) is 0 Å². The SMILES string of the molecule is Cc1cnc2c(c1)N(C)CCN2. The molecule has 0 amide bonds. The van der Waals surface area contributed by atoms with E-state index in [2.05, 4.69) is 35.2 Å². The average Bonchev–Trinajstić information content (AvgIpc) is 2.07. The van der Waals surface area contributed by atoms with Crippen LogP contribution in [0.5, 0.6) is 0 Å². The molecule has 1 aliphatic rings. The van der Waals surface area contributed by atoms with Crippen LogP contribution in [0.15, 0.2) is 12.3 Å². The topological polar surface area (TPSA) is 28.2 Å². The second kappa shape index (κ2) is 2.66. The third-order valence-electron chi connectivity index (χ3n) is 2.16. The second-order valence-electron chi connectivity index (χ2n) is 3.23. The Morgan fingerprint density at radius 1 is 1.58 bits per heavy atom. The first-order chi connectivity index (χ1) is 5.77. The van der Waals surface area contributed by atoms with Crippen LogP contribution in [0.3, 0.4) is 0 Å². The monoisotopic (exact) mass is 163 g/mol. The zero-order valence-corrected chi connectivity index (χ0v) is 7.46. The highest BCUT2D eigenvalue weighted by molar-refractivity contribution is 5.68. The van der Waals surface area contributed by atoms with Gasteiger partial charge in [0.2, 0.25) is 0 Å². The Hall–Kier alpha value is -1.25. The van der Waals surface area contributed by atoms with Crippen molar-refractivity contribution in [3.05, 3.63) is 17.8 Å². The van der Waals surface area contributed by atoms with E-state index in [1.807, 2.05) is 6.20 Å². The lowest BCUT2D eigenvalue weighted by Crippen LogP contribution is -2.30. The van der Waals surface area contributed by atoms with Crippen molar-refractivity contribution in [2.24, 2.45) is 0 Å². The van der Waals surface area contributed by atoms with Crippen LogP contribution in [0.1, 0.15) is 5.56 Å². The Morgan fingerprint density at radius 3 is 3.25 bits per heavy atom. The number of fused-ring (bicyclic) bond motifs is 1. The molecule has 0 saturated carbocycles. The van der Waals surface area contributed by atoms with Gasteiger partial charge in [0, 0.05) is 26.3 Å². The Morgan fingerprint density at radius 2 is 2.42 bits per heavy atom. The summed E-state index contributed by atoms with van der Waals surface area (Å²) >= 11 is 0. The van der Waals surface area contributed by atoms with Gasteiger partial charge >= 0.3 is 0 Å². The van der Waals surface area contributed by atoms with Gasteiger partial charge in [0.15, 0.2) is 0 Å². The number of nitrogens with zero attached hydrogens (tertiary/aromatic N) is 2. The van der Waals surface area contributed by atoms with Gasteiger partial charge in [-0.2, -0.15) is 0 Å². The number of likely N-dealkylation sites (N-methyl/N-ethyl adjacent to an activating group) is 1. The molecule has 1 N–H and O–H groups in total. The predicted octanol–water partition coefficient (Wildman–Crippen LogP) is 1.25. The van der Waals surface area contributed by atoms with Gasteiger partial charge < -0.3 is 10.2 Å². The molecule has 1 aliphatic heterocycles. The maximum Gasteiger partial charge on any atom is 0.149 e. The third-order valence-corrected chi connectivity index (χ3v) is 2.16. The zero-order valence-electron chi connectivity index (χ0n) is 7.46. The third kappa shape index (κ3) is 1.11. The molecule has 0 radical (unpaired) electrons. The second-order valence-corrected chi connectivity index (χ2v) is 3.23. The lowest BCUT2D eigenvalue weighted by molar-refractivity contribution is 0.872. The maximum absolute atomic E-state index is 4.32. The number of anilines is 2. The van der Waals surface area contributed by atoms with Gasteiger partial charge in [-0.3, -0.25) is 0 Å². The van der Waals surface area contributed by atoms with Crippen LogP contribution in [0.2, 0.25) is 0 Å². The predicted molar refractivity (Wildman–Crippen MR) is 50.7 cm³/mol. The van der Waals surface area contributed by atoms with Gasteiger partial charge in [-0.15, -0.1) is 0 Å². The van der Waals surface area contributed by atoms with Crippen LogP contribution in [0.25, 0.3) is 0 Å². The molecular formula is C9H13N3. The normalized spacial score (nSPS) is 15.3. The Bertz CT molecular complexity index is 296. The van der Waals surface area contributed by atoms with E-state index in [1.54, 1.807) is 0 Å². The number of aromatic nitrogens is 1. The molecule has 12 heavy (non-hydrogen) atoms. The molecule has 2 rings (SSSR count). The molecule has 64 valence electrons. The Kier molecular flexibility index (Phi) is 1.64. The summed E-state index contributed by atoms with van der Waals surface area (Å²) in [6, 6.07) is 2.16. The Balaban J connectivity index is 2.47. The molecule has 3 nitrogen and oxygen atoms in total. The number of nitrogens with one attached hydrogen (secondary N) is 1. The van der Waals surface area contributed by atoms with Crippen molar-refractivity contribution in [3.63, 3.8) is 0 Å². The van der Waals surface area contributed by atoms with Crippen molar-refractivity contribution in [2.45, 2.75) is 6.92 Å². The summed E-state index contributed by atoms with van der Waals surface area (Å²) in [7, 11) is 2.10. The lowest BCUT2D eigenvalue weighted by atomic mass is 10.2. The summed E-state index contributed by atoms with van der Waals surface area (Å²) < 4.78 is 0. The van der Waals surface area contributed by atoms with E-state index < -0.39 is 0 Å². The first-order valence-corrected chi connectivity index (χ1v) is 4.19. The van der Waals surface area contributed by atoms with Crippen molar-refractivity contribution in [3.8, 4) is 0 Å². The van der Waals surface area contributed by atoms with Gasteiger partial charge in [0.1, 0.15) is 5.82 Å². The van der Waals surface area contributed by atoms with E-state index in [1.165, 1.54) is 11.3 Å². The highest BCUT2D eigenvalue weighted by atomic mass is 15.2. The summed E-state index contributed by atoms with van der Waals surface area (Å²) in [5.41, 5.74) is 2.42. The maximum atomic E-state index is 4.32. The van der Waals surface area contributed by atoms with Crippen molar-refractivity contribution in [1.82, 2.24) is 4.98 Å². The molecular weight excluding hydrogens is 150 g/mol. The Labute approximate surface area is 72.4 Å². The number of hydrogen-bond acceptors (Lipinski definition) is 3. The van der Waals surface area contributed by atoms with E-state index in [-0.39, 0.29) is 0 Å². The average molecular weight is 163 g/mol. The summed E-state index contributed by atoms with van der Waals surface area (Å²) in [6.07, 6.45) is 1.89. The zero-order chi connectivity index (χ0) is 8.55. The molecule has 1 aromatic rings. The molecule has 0 aromatic carbocycles. The lowest BCUT2D eigenvalue weighted by Gasteiger charge is -2.27. The standard InChI is InChI=1S/C9H13N3/c1-7-5-8-9(11-6-7)10-3-4-12(8)2/h5-6H,3-4H2,1-2H3,(H,10,11). The van der Waals surface area contributed by atoms with Crippen LogP contribution in [0.4, 0.5) is 11.5 Å². The molecule has 0 spiro atoms. The van der Waals surface area contributed by atoms with Crippen LogP contribution in [-0.4, -0.2) is 25.1 Å². The van der Waals surface area contributed by atoms with Gasteiger partial charge in [0.25, 0.3) is 0 Å². The molecule has 0 unspecified atom stereocenters. The smallest absolute Gasteiger partial charge is 0.149 e. The van der Waals surface area contributed by atoms with Gasteiger partial charge in [-0.05, 0) is 18.6 Å². The van der Waals surface area contributed by atoms with E-state index in [0.29, 0.717) is 0 Å². The quantitative estimate of drug-likeness (QED) is 0.624. The van der Waals surface area contributed by atoms with Crippen molar-refractivity contribution in [1.29, 1.82) is 0 Å². The molecule has 0 atom stereocenters. The minimum Gasteiger partial charge on any atom is -0.370 e. The van der Waals surface area contributed by atoms with Crippen LogP contribution < -0.4 is 10.2 Å². The summed E-state index contributed by atoms with van der Waals surface area (Å²) in [4.78, 5) is 6.54. The van der Waals surface area contributed by atoms with Crippen LogP contribution in [0, 0.1) is 6.92 Å². The largest absolute Gasteiger partial charge is 0.370 e. The fourth-order valence-corrected chi connectivity index (χ4v) is 1.44. The number of rotatable bonds is 0. The first-order valence-electron chi connectivity index (χ1n) is 4.19. The van der Waals surface area contributed by atoms with E-state index in [4.69, 9.17) is 0 Å². The molecule has 1 aromatic heterocycles. The van der Waals surface area contributed by atoms with Crippen molar-refractivity contribution >= 4 is 11.5 Å². The van der Waals surface area contributed by atoms with Gasteiger partial charge in [-0.1, -0.05) is 0 Å². The van der Waals surface area contributed by atoms with Crippen LogP contribution in [-0.2, 0) is 0 Å². The van der Waals surface area contributed by atoms with Crippen molar-refractivity contribution < 1.29 is 0 Å². The highest BCUT2D eigenvalue weighted by Crippen LogP contribution is 2.25. The number of hydrogen-bond donors (Lipinski definition) is 1. The minimum absolute atomic E-state index is 0.986. The summed E-state index contributed by atoms with van der Waals surface area (Å²) in [5, 5.41) is 3.27. The molecule has 0 aliphatic carbocycles. The molecule has 0 fully saturated rings. The summed E-state index contributed by atoms with van der Waals surface area (Å²) in [6.45, 7) is 4.10. The van der Waals surface area contributed by atoms with E-state index >= 15 is 0 Å². The minimum atomic E-state index is 0.986. The van der Waals surface area contributed by atoms with E-state index in [0.717, 1.165) is 18.9 Å². The van der Waals surface area contributed by atoms with Gasteiger partial charge in [-0.25, -0.2) is 4.98 Å².